The van der Waals surface area contributed by atoms with Gasteiger partial charge in [-0.05, 0) is 13.8 Å². The number of carbonyl (C=O) groups is 3. The van der Waals surface area contributed by atoms with Gasteiger partial charge in [-0.3, -0.25) is 9.59 Å². The fourth-order valence-electron chi connectivity index (χ4n) is 1.03. The van der Waals surface area contributed by atoms with E-state index in [1.165, 1.54) is 21.0 Å². The molecular weight excluding hydrogens is 242 g/mol. The van der Waals surface area contributed by atoms with Crippen molar-refractivity contribution in [2.24, 2.45) is 5.73 Å². The summed E-state index contributed by atoms with van der Waals surface area (Å²) in [4.78, 5) is 32.9. The Morgan fingerprint density at radius 3 is 2.33 bits per heavy atom. The summed E-state index contributed by atoms with van der Waals surface area (Å²) in [5, 5.41) is 13.3. The molecule has 5 N–H and O–H groups in total. The number of primary amides is 1. The molecule has 0 radical (unpaired) electrons. The smallest absolute Gasteiger partial charge is 0.315 e. The number of urea groups is 1. The van der Waals surface area contributed by atoms with Gasteiger partial charge >= 0.3 is 12.0 Å². The lowest BCUT2D eigenvalue weighted by Gasteiger charge is -2.23. The monoisotopic (exact) mass is 261 g/mol. The maximum Gasteiger partial charge on any atom is 0.315 e. The summed E-state index contributed by atoms with van der Waals surface area (Å²) in [6, 6.07) is -0.619. The Morgan fingerprint density at radius 1 is 1.39 bits per heavy atom. The van der Waals surface area contributed by atoms with Crippen LogP contribution in [0.2, 0.25) is 0 Å². The average molecular weight is 261 g/mol. The van der Waals surface area contributed by atoms with Gasteiger partial charge in [0.1, 0.15) is 5.54 Å². The van der Waals surface area contributed by atoms with Crippen molar-refractivity contribution in [2.75, 3.05) is 13.7 Å². The van der Waals surface area contributed by atoms with Gasteiger partial charge in [-0.15, -0.1) is 0 Å². The molecule has 0 aliphatic heterocycles. The summed E-state index contributed by atoms with van der Waals surface area (Å²) >= 11 is 0. The van der Waals surface area contributed by atoms with Crippen LogP contribution in [-0.2, 0) is 14.3 Å². The number of nitrogens with one attached hydrogen (secondary N) is 2. The summed E-state index contributed by atoms with van der Waals surface area (Å²) in [6.07, 6.45) is -0.861. The van der Waals surface area contributed by atoms with Gasteiger partial charge in [0.2, 0.25) is 5.91 Å². The van der Waals surface area contributed by atoms with E-state index in [0.717, 1.165) is 0 Å². The predicted molar refractivity (Wildman–Crippen MR) is 62.9 cm³/mol. The van der Waals surface area contributed by atoms with E-state index in [-0.39, 0.29) is 13.0 Å². The fraction of sp³-hybridized carbons (Fsp3) is 0.700. The second-order valence-electron chi connectivity index (χ2n) is 4.28. The maximum absolute atomic E-state index is 11.4. The fourth-order valence-corrected chi connectivity index (χ4v) is 1.03. The Bertz CT molecular complexity index is 329. The average Bonchev–Trinajstić information content (AvgIpc) is 2.22. The van der Waals surface area contributed by atoms with Crippen molar-refractivity contribution in [3.63, 3.8) is 0 Å². The molecule has 0 saturated heterocycles. The molecule has 0 aromatic rings. The molecule has 8 nitrogen and oxygen atoms in total. The normalized spacial score (nSPS) is 12.6. The van der Waals surface area contributed by atoms with Crippen LogP contribution in [0.25, 0.3) is 0 Å². The number of methoxy groups -OCH3 is 1. The zero-order valence-corrected chi connectivity index (χ0v) is 10.6. The van der Waals surface area contributed by atoms with Crippen molar-refractivity contribution < 1.29 is 24.2 Å². The first-order valence-electron chi connectivity index (χ1n) is 5.29. The molecule has 0 aliphatic rings. The minimum atomic E-state index is -1.18. The molecule has 0 aliphatic carbocycles. The highest BCUT2D eigenvalue weighted by molar-refractivity contribution is 5.89. The second kappa shape index (κ2) is 6.80. The number of rotatable bonds is 7. The third kappa shape index (κ3) is 6.04. The molecule has 3 amide bonds. The maximum atomic E-state index is 11.4. The molecule has 1 atom stereocenters. The van der Waals surface area contributed by atoms with Gasteiger partial charge in [0.25, 0.3) is 0 Å². The molecule has 104 valence electrons. The topological polar surface area (TPSA) is 131 Å². The van der Waals surface area contributed by atoms with Crippen LogP contribution in [-0.4, -0.2) is 48.3 Å². The first-order valence-corrected chi connectivity index (χ1v) is 5.29. The van der Waals surface area contributed by atoms with E-state index >= 15 is 0 Å². The quantitative estimate of drug-likeness (QED) is 0.468. The lowest BCUT2D eigenvalue weighted by Crippen LogP contribution is -2.56. The first kappa shape index (κ1) is 16.2. The lowest BCUT2D eigenvalue weighted by atomic mass is 10.1. The Kier molecular flexibility index (Phi) is 6.11. The standard InChI is InChI=1S/C10H19N3O5/c1-10(2,8(11)16)13-9(17)12-5-6(18-3)4-7(14)15/h6H,4-5H2,1-3H3,(H2,11,16)(H,14,15)(H2,12,13,17). The minimum absolute atomic E-state index is 0.0173. The Labute approximate surface area is 105 Å². The van der Waals surface area contributed by atoms with Crippen LogP contribution in [0.3, 0.4) is 0 Å². The SMILES string of the molecule is COC(CNC(=O)NC(C)(C)C(N)=O)CC(=O)O. The van der Waals surface area contributed by atoms with Crippen LogP contribution >= 0.6 is 0 Å². The second-order valence-corrected chi connectivity index (χ2v) is 4.28. The third-order valence-corrected chi connectivity index (χ3v) is 2.27. The van der Waals surface area contributed by atoms with Crippen LogP contribution in [0.1, 0.15) is 20.3 Å². The zero-order valence-electron chi connectivity index (χ0n) is 10.6. The van der Waals surface area contributed by atoms with Crippen LogP contribution in [0, 0.1) is 0 Å². The molecule has 0 fully saturated rings. The molecule has 0 rings (SSSR count). The van der Waals surface area contributed by atoms with E-state index in [2.05, 4.69) is 10.6 Å². The van der Waals surface area contributed by atoms with E-state index in [9.17, 15) is 14.4 Å². The molecule has 0 bridgehead atoms. The van der Waals surface area contributed by atoms with Gasteiger partial charge < -0.3 is 26.2 Å². The van der Waals surface area contributed by atoms with E-state index in [0.29, 0.717) is 0 Å². The van der Waals surface area contributed by atoms with Crippen LogP contribution in [0.5, 0.6) is 0 Å². The molecule has 1 unspecified atom stereocenters. The number of amides is 3. The van der Waals surface area contributed by atoms with Gasteiger partial charge in [-0.25, -0.2) is 4.79 Å². The summed E-state index contributed by atoms with van der Waals surface area (Å²) in [7, 11) is 1.35. The van der Waals surface area contributed by atoms with Crippen molar-refractivity contribution in [3.8, 4) is 0 Å². The first-order chi connectivity index (χ1) is 8.19. The molecule has 8 heteroatoms. The van der Waals surface area contributed by atoms with E-state index in [1.807, 2.05) is 0 Å². The van der Waals surface area contributed by atoms with Crippen molar-refractivity contribution >= 4 is 17.9 Å². The summed E-state index contributed by atoms with van der Waals surface area (Å²) in [5.41, 5.74) is 3.90. The molecule has 18 heavy (non-hydrogen) atoms. The van der Waals surface area contributed by atoms with Crippen LogP contribution in [0.15, 0.2) is 0 Å². The highest BCUT2D eigenvalue weighted by atomic mass is 16.5. The molecule has 0 spiro atoms. The summed E-state index contributed by atoms with van der Waals surface area (Å²) < 4.78 is 4.87. The van der Waals surface area contributed by atoms with E-state index in [4.69, 9.17) is 15.6 Å². The highest BCUT2D eigenvalue weighted by Crippen LogP contribution is 2.00. The number of hydrogen-bond acceptors (Lipinski definition) is 4. The number of carbonyl (C=O) groups excluding carboxylic acids is 2. The number of aliphatic carboxylic acids is 1. The van der Waals surface area contributed by atoms with E-state index < -0.39 is 29.6 Å². The molecule has 0 aromatic heterocycles. The lowest BCUT2D eigenvalue weighted by molar-refractivity contribution is -0.139. The highest BCUT2D eigenvalue weighted by Gasteiger charge is 2.27. The molecule has 0 heterocycles. The third-order valence-electron chi connectivity index (χ3n) is 2.27. The number of hydrogen-bond donors (Lipinski definition) is 4. The van der Waals surface area contributed by atoms with Gasteiger partial charge in [0.15, 0.2) is 0 Å². The summed E-state index contributed by atoms with van der Waals surface area (Å²) in [5.74, 6) is -1.70. The van der Waals surface area contributed by atoms with E-state index in [1.54, 1.807) is 0 Å². The predicted octanol–water partition coefficient (Wildman–Crippen LogP) is -0.961. The van der Waals surface area contributed by atoms with Crippen molar-refractivity contribution in [3.05, 3.63) is 0 Å². The van der Waals surface area contributed by atoms with Crippen molar-refractivity contribution in [1.82, 2.24) is 10.6 Å². The van der Waals surface area contributed by atoms with Gasteiger partial charge in [0.05, 0.1) is 12.5 Å². The van der Waals surface area contributed by atoms with Crippen LogP contribution < -0.4 is 16.4 Å². The van der Waals surface area contributed by atoms with Crippen LogP contribution in [0.4, 0.5) is 4.79 Å². The Balaban J connectivity index is 4.17. The van der Waals surface area contributed by atoms with Crippen molar-refractivity contribution in [1.29, 1.82) is 0 Å². The number of carboxylic acids is 1. The number of ether oxygens (including phenoxy) is 1. The van der Waals surface area contributed by atoms with Crippen molar-refractivity contribution in [2.45, 2.75) is 31.9 Å². The largest absolute Gasteiger partial charge is 0.481 e. The summed E-state index contributed by atoms with van der Waals surface area (Å²) in [6.45, 7) is 2.93. The van der Waals surface area contributed by atoms with Gasteiger partial charge in [0, 0.05) is 13.7 Å². The molecular formula is C10H19N3O5. The molecule has 0 saturated carbocycles. The molecule has 0 aromatic carbocycles. The Hall–Kier alpha value is -1.83. The minimum Gasteiger partial charge on any atom is -0.481 e. The Morgan fingerprint density at radius 2 is 1.94 bits per heavy atom. The van der Waals surface area contributed by atoms with Gasteiger partial charge in [-0.1, -0.05) is 0 Å². The van der Waals surface area contributed by atoms with Gasteiger partial charge in [-0.2, -0.15) is 0 Å². The number of carboxylic acid groups (broad SMARTS) is 1. The number of nitrogens with two attached hydrogens (primary N) is 1. The zero-order chi connectivity index (χ0) is 14.3.